The van der Waals surface area contributed by atoms with E-state index in [1.54, 1.807) is 40.7 Å². The number of nitrogens with one attached hydrogen (secondary N) is 2. The number of nitrogens with zero attached hydrogens (tertiary/aromatic N) is 1. The van der Waals surface area contributed by atoms with Crippen LogP contribution in [0.3, 0.4) is 0 Å². The summed E-state index contributed by atoms with van der Waals surface area (Å²) in [7, 11) is -3.52. The lowest BCUT2D eigenvalue weighted by atomic mass is 10.1. The van der Waals surface area contributed by atoms with Crippen LogP contribution in [-0.4, -0.2) is 50.8 Å². The lowest BCUT2D eigenvalue weighted by molar-refractivity contribution is -0.114. The molecule has 2 heterocycles. The Balaban J connectivity index is 1.38. The summed E-state index contributed by atoms with van der Waals surface area (Å²) < 4.78 is 37.9. The molecule has 0 saturated carbocycles. The molecule has 1 saturated heterocycles. The molecule has 1 fully saturated rings. The normalized spacial score (nSPS) is 16.2. The summed E-state index contributed by atoms with van der Waals surface area (Å²) in [6.45, 7) is 2.50. The third kappa shape index (κ3) is 5.28. The van der Waals surface area contributed by atoms with Gasteiger partial charge < -0.3 is 20.1 Å². The Morgan fingerprint density at radius 2 is 1.61 bits per heavy atom. The molecule has 0 unspecified atom stereocenters. The van der Waals surface area contributed by atoms with Crippen molar-refractivity contribution in [3.63, 3.8) is 0 Å². The molecule has 33 heavy (non-hydrogen) atoms. The van der Waals surface area contributed by atoms with Gasteiger partial charge in [0.05, 0.1) is 17.1 Å². The van der Waals surface area contributed by atoms with E-state index in [-0.39, 0.29) is 29.9 Å². The zero-order chi connectivity index (χ0) is 23.4. The van der Waals surface area contributed by atoms with Gasteiger partial charge in [-0.25, -0.2) is 8.42 Å². The van der Waals surface area contributed by atoms with Crippen LogP contribution in [0.25, 0.3) is 0 Å². The number of benzene rings is 2. The smallest absolute Gasteiger partial charge is 0.243 e. The van der Waals surface area contributed by atoms with Gasteiger partial charge in [-0.05, 0) is 50.1 Å². The van der Waals surface area contributed by atoms with Crippen LogP contribution in [-0.2, 0) is 14.8 Å². The van der Waals surface area contributed by atoms with Gasteiger partial charge in [0.25, 0.3) is 0 Å². The van der Waals surface area contributed by atoms with Gasteiger partial charge in [-0.15, -0.1) is 0 Å². The molecule has 0 radical (unpaired) electrons. The minimum Gasteiger partial charge on any atom is -0.454 e. The molecule has 10 heteroatoms. The molecule has 2 aromatic rings. The van der Waals surface area contributed by atoms with Crippen molar-refractivity contribution in [2.45, 2.75) is 37.5 Å². The van der Waals surface area contributed by atoms with Crippen LogP contribution in [0.5, 0.6) is 11.5 Å². The predicted molar refractivity (Wildman–Crippen MR) is 123 cm³/mol. The van der Waals surface area contributed by atoms with E-state index < -0.39 is 10.0 Å². The lowest BCUT2D eigenvalue weighted by Crippen LogP contribution is -2.31. The first-order valence-corrected chi connectivity index (χ1v) is 12.4. The number of sulfonamides is 1. The van der Waals surface area contributed by atoms with Crippen LogP contribution >= 0.6 is 0 Å². The molecule has 4 rings (SSSR count). The van der Waals surface area contributed by atoms with Crippen molar-refractivity contribution in [3.05, 3.63) is 42.0 Å². The fourth-order valence-corrected chi connectivity index (χ4v) is 5.41. The number of carbonyl (C=O) groups excluding carboxylic acids is 2. The second-order valence-corrected chi connectivity index (χ2v) is 9.99. The topological polar surface area (TPSA) is 114 Å². The molecule has 9 nitrogen and oxygen atoms in total. The van der Waals surface area contributed by atoms with Gasteiger partial charge in [-0.1, -0.05) is 12.8 Å². The van der Waals surface area contributed by atoms with Gasteiger partial charge in [0.15, 0.2) is 17.3 Å². The van der Waals surface area contributed by atoms with Crippen LogP contribution in [0.4, 0.5) is 11.4 Å². The molecule has 176 valence electrons. The molecule has 0 spiro atoms. The molecule has 2 aliphatic heterocycles. The molecule has 2 aromatic carbocycles. The molecule has 0 aliphatic carbocycles. The Morgan fingerprint density at radius 3 is 2.24 bits per heavy atom. The average Bonchev–Trinajstić information content (AvgIpc) is 3.07. The minimum absolute atomic E-state index is 0.0646. The summed E-state index contributed by atoms with van der Waals surface area (Å²) >= 11 is 0. The van der Waals surface area contributed by atoms with E-state index in [4.69, 9.17) is 9.47 Å². The Kier molecular flexibility index (Phi) is 6.85. The number of ether oxygens (including phenoxy) is 2. The fourth-order valence-electron chi connectivity index (χ4n) is 3.89. The molecule has 0 aromatic heterocycles. The largest absolute Gasteiger partial charge is 0.454 e. The molecule has 2 N–H and O–H groups in total. The highest BCUT2D eigenvalue weighted by atomic mass is 32.2. The van der Waals surface area contributed by atoms with E-state index in [2.05, 4.69) is 10.6 Å². The summed E-state index contributed by atoms with van der Waals surface area (Å²) in [6.07, 6.45) is 3.86. The number of carbonyl (C=O) groups is 2. The maximum atomic E-state index is 12.9. The molecule has 2 aliphatic rings. The standard InChI is InChI=1S/C23H27N3O6S/c1-16(27)19-12-21-22(32-15-31-21)13-20(19)25-23(28)14-24-17-6-8-18(9-7-17)33(29,30)26-10-4-2-3-5-11-26/h6-9,12-13,24H,2-5,10-11,14-15H2,1H3,(H,25,28). The van der Waals surface area contributed by atoms with Gasteiger partial charge in [0.1, 0.15) is 0 Å². The van der Waals surface area contributed by atoms with Crippen molar-refractivity contribution in [1.29, 1.82) is 0 Å². The molecule has 0 bridgehead atoms. The number of hydrogen-bond acceptors (Lipinski definition) is 7. The van der Waals surface area contributed by atoms with Crippen LogP contribution in [0.2, 0.25) is 0 Å². The number of amides is 1. The van der Waals surface area contributed by atoms with Crippen molar-refractivity contribution in [2.75, 3.05) is 37.1 Å². The van der Waals surface area contributed by atoms with Crippen LogP contribution in [0.15, 0.2) is 41.3 Å². The first kappa shape index (κ1) is 23.1. The van der Waals surface area contributed by atoms with E-state index in [9.17, 15) is 18.0 Å². The monoisotopic (exact) mass is 473 g/mol. The maximum Gasteiger partial charge on any atom is 0.243 e. The Hall–Kier alpha value is -3.11. The van der Waals surface area contributed by atoms with Gasteiger partial charge in [-0.3, -0.25) is 9.59 Å². The Morgan fingerprint density at radius 1 is 0.970 bits per heavy atom. The Labute approximate surface area is 193 Å². The van der Waals surface area contributed by atoms with Crippen molar-refractivity contribution in [1.82, 2.24) is 4.31 Å². The zero-order valence-corrected chi connectivity index (χ0v) is 19.2. The van der Waals surface area contributed by atoms with Crippen molar-refractivity contribution in [2.24, 2.45) is 0 Å². The fraction of sp³-hybridized carbons (Fsp3) is 0.391. The third-order valence-corrected chi connectivity index (χ3v) is 7.59. The van der Waals surface area contributed by atoms with Crippen molar-refractivity contribution < 1.29 is 27.5 Å². The zero-order valence-electron chi connectivity index (χ0n) is 18.4. The van der Waals surface area contributed by atoms with E-state index in [0.29, 0.717) is 41.5 Å². The quantitative estimate of drug-likeness (QED) is 0.594. The van der Waals surface area contributed by atoms with Crippen molar-refractivity contribution >= 4 is 33.1 Å². The van der Waals surface area contributed by atoms with E-state index >= 15 is 0 Å². The number of Topliss-reactive ketones (excluding diaryl/α,β-unsaturated/α-hetero) is 1. The first-order valence-electron chi connectivity index (χ1n) is 10.9. The van der Waals surface area contributed by atoms with E-state index in [0.717, 1.165) is 25.7 Å². The van der Waals surface area contributed by atoms with Crippen LogP contribution in [0, 0.1) is 0 Å². The lowest BCUT2D eigenvalue weighted by Gasteiger charge is -2.20. The summed E-state index contributed by atoms with van der Waals surface area (Å²) in [5.74, 6) is 0.353. The number of anilines is 2. The van der Waals surface area contributed by atoms with Gasteiger partial charge in [0, 0.05) is 30.4 Å². The molecular weight excluding hydrogens is 446 g/mol. The molecule has 0 atom stereocenters. The third-order valence-electron chi connectivity index (χ3n) is 5.68. The first-order chi connectivity index (χ1) is 15.8. The predicted octanol–water partition coefficient (Wildman–Crippen LogP) is 3.23. The summed E-state index contributed by atoms with van der Waals surface area (Å²) in [5.41, 5.74) is 1.28. The highest BCUT2D eigenvalue weighted by Crippen LogP contribution is 2.37. The minimum atomic E-state index is -3.52. The molecule has 1 amide bonds. The van der Waals surface area contributed by atoms with Gasteiger partial charge >= 0.3 is 0 Å². The average molecular weight is 474 g/mol. The van der Waals surface area contributed by atoms with E-state index in [1.807, 2.05) is 0 Å². The van der Waals surface area contributed by atoms with Crippen LogP contribution < -0.4 is 20.1 Å². The summed E-state index contributed by atoms with van der Waals surface area (Å²) in [4.78, 5) is 24.7. The molecular formula is C23H27N3O6S. The van der Waals surface area contributed by atoms with E-state index in [1.165, 1.54) is 6.92 Å². The second kappa shape index (κ2) is 9.80. The Bertz CT molecular complexity index is 1140. The second-order valence-electron chi connectivity index (χ2n) is 8.05. The highest BCUT2D eigenvalue weighted by Gasteiger charge is 2.25. The number of fused-ring (bicyclic) bond motifs is 1. The summed E-state index contributed by atoms with van der Waals surface area (Å²) in [5, 5.41) is 5.69. The highest BCUT2D eigenvalue weighted by molar-refractivity contribution is 7.89. The summed E-state index contributed by atoms with van der Waals surface area (Å²) in [6, 6.07) is 9.49. The number of ketones is 1. The SMILES string of the molecule is CC(=O)c1cc2c(cc1NC(=O)CNc1ccc(S(=O)(=O)N3CCCCCC3)cc1)OCO2. The van der Waals surface area contributed by atoms with Gasteiger partial charge in [-0.2, -0.15) is 4.31 Å². The number of hydrogen-bond donors (Lipinski definition) is 2. The van der Waals surface area contributed by atoms with Gasteiger partial charge in [0.2, 0.25) is 22.7 Å². The van der Waals surface area contributed by atoms with Crippen molar-refractivity contribution in [3.8, 4) is 11.5 Å². The number of rotatable bonds is 7. The maximum absolute atomic E-state index is 12.9. The van der Waals surface area contributed by atoms with Crippen LogP contribution in [0.1, 0.15) is 43.0 Å².